The second-order valence-electron chi connectivity index (χ2n) is 7.44. The molecule has 0 saturated heterocycles. The average Bonchev–Trinajstić information content (AvgIpc) is 3.45. The van der Waals surface area contributed by atoms with Crippen molar-refractivity contribution < 1.29 is 23.5 Å². The summed E-state index contributed by atoms with van der Waals surface area (Å²) in [4.78, 5) is 24.1. The highest BCUT2D eigenvalue weighted by molar-refractivity contribution is 6.31. The van der Waals surface area contributed by atoms with Crippen molar-refractivity contribution in [2.24, 2.45) is 0 Å². The van der Waals surface area contributed by atoms with Crippen molar-refractivity contribution in [1.82, 2.24) is 9.78 Å². The molecule has 0 bridgehead atoms. The van der Waals surface area contributed by atoms with Crippen LogP contribution < -0.4 is 10.1 Å². The van der Waals surface area contributed by atoms with Crippen LogP contribution in [0.1, 0.15) is 37.9 Å². The van der Waals surface area contributed by atoms with Crippen LogP contribution in [0, 0.1) is 6.92 Å². The maximum Gasteiger partial charge on any atom is 0.337 e. The van der Waals surface area contributed by atoms with Gasteiger partial charge >= 0.3 is 5.97 Å². The van der Waals surface area contributed by atoms with Crippen LogP contribution in [0.2, 0.25) is 5.02 Å². The number of esters is 1. The van der Waals surface area contributed by atoms with E-state index >= 15 is 0 Å². The van der Waals surface area contributed by atoms with E-state index in [-0.39, 0.29) is 12.4 Å². The van der Waals surface area contributed by atoms with E-state index in [1.54, 1.807) is 47.1 Å². The standard InChI is InChI=1S/C25H22ClN3O5/c1-16-13-23(28-29(16)14-18-5-3-4-6-21(18)26)27-24(30)22-12-11-20(34-22)15-33-19-9-7-17(8-10-19)25(31)32-2/h3-13H,14-15H2,1-2H3,(H,27,28,30). The van der Waals surface area contributed by atoms with Gasteiger partial charge in [0.25, 0.3) is 5.91 Å². The van der Waals surface area contributed by atoms with Gasteiger partial charge in [0, 0.05) is 16.8 Å². The molecule has 4 aromatic rings. The van der Waals surface area contributed by atoms with Crippen molar-refractivity contribution in [2.75, 3.05) is 12.4 Å². The number of nitrogens with zero attached hydrogens (tertiary/aromatic N) is 2. The number of aryl methyl sites for hydroxylation is 1. The molecule has 0 spiro atoms. The van der Waals surface area contributed by atoms with E-state index in [1.165, 1.54) is 7.11 Å². The van der Waals surface area contributed by atoms with Crippen molar-refractivity contribution in [2.45, 2.75) is 20.1 Å². The van der Waals surface area contributed by atoms with Gasteiger partial charge < -0.3 is 19.2 Å². The van der Waals surface area contributed by atoms with Crippen molar-refractivity contribution in [3.05, 3.63) is 100 Å². The second-order valence-corrected chi connectivity index (χ2v) is 7.85. The van der Waals surface area contributed by atoms with Gasteiger partial charge in [0.1, 0.15) is 18.1 Å². The maximum absolute atomic E-state index is 12.6. The van der Waals surface area contributed by atoms with Gasteiger partial charge in [-0.2, -0.15) is 5.10 Å². The smallest absolute Gasteiger partial charge is 0.337 e. The fraction of sp³-hybridized carbons (Fsp3) is 0.160. The van der Waals surface area contributed by atoms with Gasteiger partial charge in [-0.25, -0.2) is 4.79 Å². The first-order valence-electron chi connectivity index (χ1n) is 10.4. The zero-order valence-corrected chi connectivity index (χ0v) is 19.3. The van der Waals surface area contributed by atoms with Crippen molar-refractivity contribution in [1.29, 1.82) is 0 Å². The lowest BCUT2D eigenvalue weighted by atomic mass is 10.2. The quantitative estimate of drug-likeness (QED) is 0.353. The fourth-order valence-corrected chi connectivity index (χ4v) is 3.43. The number of ether oxygens (including phenoxy) is 2. The Morgan fingerprint density at radius 2 is 1.85 bits per heavy atom. The Labute approximate surface area is 201 Å². The molecule has 8 nitrogen and oxygen atoms in total. The summed E-state index contributed by atoms with van der Waals surface area (Å²) in [5, 5.41) is 7.85. The Bertz CT molecular complexity index is 1310. The molecule has 0 aliphatic rings. The predicted octanol–water partition coefficient (Wildman–Crippen LogP) is 5.10. The molecule has 1 N–H and O–H groups in total. The predicted molar refractivity (Wildman–Crippen MR) is 126 cm³/mol. The number of amides is 1. The molecule has 34 heavy (non-hydrogen) atoms. The number of benzene rings is 2. The monoisotopic (exact) mass is 479 g/mol. The topological polar surface area (TPSA) is 95.6 Å². The number of rotatable bonds is 8. The third kappa shape index (κ3) is 5.47. The van der Waals surface area contributed by atoms with Gasteiger partial charge in [-0.3, -0.25) is 9.48 Å². The lowest BCUT2D eigenvalue weighted by molar-refractivity contribution is 0.0600. The number of aromatic nitrogens is 2. The van der Waals surface area contributed by atoms with Crippen LogP contribution in [0.25, 0.3) is 0 Å². The molecule has 0 atom stereocenters. The third-order valence-corrected chi connectivity index (χ3v) is 5.41. The molecule has 2 aromatic carbocycles. The summed E-state index contributed by atoms with van der Waals surface area (Å²) in [6.07, 6.45) is 0. The molecule has 0 radical (unpaired) electrons. The zero-order valence-electron chi connectivity index (χ0n) is 18.6. The molecular formula is C25H22ClN3O5. The largest absolute Gasteiger partial charge is 0.486 e. The molecule has 2 aromatic heterocycles. The zero-order chi connectivity index (χ0) is 24.1. The highest BCUT2D eigenvalue weighted by Crippen LogP contribution is 2.20. The van der Waals surface area contributed by atoms with Gasteiger partial charge in [0.05, 0.1) is 19.2 Å². The third-order valence-electron chi connectivity index (χ3n) is 5.04. The first kappa shape index (κ1) is 23.1. The Balaban J connectivity index is 1.34. The van der Waals surface area contributed by atoms with Gasteiger partial charge in [-0.15, -0.1) is 0 Å². The van der Waals surface area contributed by atoms with Crippen molar-refractivity contribution in [3.63, 3.8) is 0 Å². The fourth-order valence-electron chi connectivity index (χ4n) is 3.23. The normalized spacial score (nSPS) is 10.7. The number of furan rings is 1. The van der Waals surface area contributed by atoms with Crippen LogP contribution >= 0.6 is 11.6 Å². The minimum atomic E-state index is -0.420. The van der Waals surface area contributed by atoms with E-state index in [4.69, 9.17) is 20.8 Å². The molecule has 9 heteroatoms. The van der Waals surface area contributed by atoms with E-state index in [0.29, 0.717) is 34.5 Å². The Morgan fingerprint density at radius 1 is 1.09 bits per heavy atom. The Morgan fingerprint density at radius 3 is 2.59 bits per heavy atom. The minimum absolute atomic E-state index is 0.121. The molecular weight excluding hydrogens is 458 g/mol. The molecule has 0 aliphatic heterocycles. The van der Waals surface area contributed by atoms with Crippen molar-refractivity contribution >= 4 is 29.3 Å². The number of hydrogen-bond donors (Lipinski definition) is 1. The Kier molecular flexibility index (Phi) is 6.98. The van der Waals surface area contributed by atoms with E-state index < -0.39 is 11.9 Å². The van der Waals surface area contributed by atoms with E-state index in [0.717, 1.165) is 11.3 Å². The first-order valence-corrected chi connectivity index (χ1v) is 10.8. The van der Waals surface area contributed by atoms with Crippen LogP contribution in [-0.2, 0) is 17.9 Å². The summed E-state index contributed by atoms with van der Waals surface area (Å²) >= 11 is 6.24. The highest BCUT2D eigenvalue weighted by atomic mass is 35.5. The van der Waals surface area contributed by atoms with Crippen LogP contribution in [0.15, 0.2) is 71.1 Å². The number of anilines is 1. The summed E-state index contributed by atoms with van der Waals surface area (Å²) in [6.45, 7) is 2.51. The number of carbonyl (C=O) groups is 2. The van der Waals surface area contributed by atoms with Crippen LogP contribution in [0.4, 0.5) is 5.82 Å². The SMILES string of the molecule is COC(=O)c1ccc(OCc2ccc(C(=O)Nc3cc(C)n(Cc4ccccc4Cl)n3)o2)cc1. The summed E-state index contributed by atoms with van der Waals surface area (Å²) in [5.74, 6) is 0.734. The van der Waals surface area contributed by atoms with Gasteiger partial charge in [0.2, 0.25) is 0 Å². The van der Waals surface area contributed by atoms with E-state index in [1.807, 2.05) is 31.2 Å². The van der Waals surface area contributed by atoms with Crippen LogP contribution in [0.5, 0.6) is 5.75 Å². The number of methoxy groups -OCH3 is 1. The summed E-state index contributed by atoms with van der Waals surface area (Å²) in [6, 6.07) is 19.1. The van der Waals surface area contributed by atoms with Gasteiger partial charge in [-0.1, -0.05) is 29.8 Å². The summed E-state index contributed by atoms with van der Waals surface area (Å²) in [5.41, 5.74) is 2.24. The second kappa shape index (κ2) is 10.3. The first-order chi connectivity index (χ1) is 16.4. The minimum Gasteiger partial charge on any atom is -0.486 e. The van der Waals surface area contributed by atoms with Crippen LogP contribution in [-0.4, -0.2) is 28.8 Å². The molecule has 0 saturated carbocycles. The summed E-state index contributed by atoms with van der Waals surface area (Å²) in [7, 11) is 1.32. The Hall–Kier alpha value is -4.04. The van der Waals surface area contributed by atoms with Gasteiger partial charge in [-0.05, 0) is 55.0 Å². The molecule has 4 rings (SSSR count). The highest BCUT2D eigenvalue weighted by Gasteiger charge is 2.15. The lowest BCUT2D eigenvalue weighted by Gasteiger charge is -2.06. The average molecular weight is 480 g/mol. The molecule has 174 valence electrons. The number of carbonyl (C=O) groups excluding carboxylic acids is 2. The molecule has 0 fully saturated rings. The van der Waals surface area contributed by atoms with Crippen molar-refractivity contribution in [3.8, 4) is 5.75 Å². The lowest BCUT2D eigenvalue weighted by Crippen LogP contribution is -2.12. The molecule has 0 unspecified atom stereocenters. The number of nitrogens with one attached hydrogen (secondary N) is 1. The number of halogens is 1. The molecule has 2 heterocycles. The van der Waals surface area contributed by atoms with E-state index in [2.05, 4.69) is 15.2 Å². The number of hydrogen-bond acceptors (Lipinski definition) is 6. The van der Waals surface area contributed by atoms with Gasteiger partial charge in [0.15, 0.2) is 11.6 Å². The van der Waals surface area contributed by atoms with Crippen LogP contribution in [0.3, 0.4) is 0 Å². The summed E-state index contributed by atoms with van der Waals surface area (Å²) < 4.78 is 17.7. The maximum atomic E-state index is 12.6. The molecule has 0 aliphatic carbocycles. The van der Waals surface area contributed by atoms with E-state index in [9.17, 15) is 9.59 Å². The molecule has 1 amide bonds.